The van der Waals surface area contributed by atoms with Crippen LogP contribution in [-0.2, 0) is 0 Å². The van der Waals surface area contributed by atoms with E-state index in [9.17, 15) is 0 Å². The molecule has 1 unspecified atom stereocenters. The normalized spacial score (nSPS) is 28.2. The second-order valence-electron chi connectivity index (χ2n) is 3.29. The van der Waals surface area contributed by atoms with Gasteiger partial charge in [0.05, 0.1) is 0 Å². The van der Waals surface area contributed by atoms with Gasteiger partial charge in [-0.1, -0.05) is 27.7 Å². The summed E-state index contributed by atoms with van der Waals surface area (Å²) in [5.74, 6) is 0. The van der Waals surface area contributed by atoms with Crippen LogP contribution in [0.5, 0.6) is 0 Å². The minimum Gasteiger partial charge on any atom is -0.314 e. The molecule has 1 nitrogen and oxygen atoms in total. The number of hydrogen-bond donors (Lipinski definition) is 1. The van der Waals surface area contributed by atoms with E-state index >= 15 is 0 Å². The van der Waals surface area contributed by atoms with Crippen LogP contribution in [0, 0.1) is 5.41 Å². The molecule has 1 aliphatic heterocycles. The largest absolute Gasteiger partial charge is 0.314 e. The maximum absolute atomic E-state index is 3.47. The molecule has 74 valence electrons. The third kappa shape index (κ3) is 2.48. The van der Waals surface area contributed by atoms with Gasteiger partial charge in [0.2, 0.25) is 0 Å². The predicted molar refractivity (Wildman–Crippen MR) is 56.4 cm³/mol. The zero-order chi connectivity index (χ0) is 9.61. The lowest BCUT2D eigenvalue weighted by atomic mass is 9.99. The second kappa shape index (κ2) is 5.58. The van der Waals surface area contributed by atoms with Crippen LogP contribution < -0.4 is 5.32 Å². The molecular formula is C11H25N. The summed E-state index contributed by atoms with van der Waals surface area (Å²) in [4.78, 5) is 0. The lowest BCUT2D eigenvalue weighted by Gasteiger charge is -2.10. The van der Waals surface area contributed by atoms with Gasteiger partial charge in [-0.05, 0) is 38.1 Å². The highest BCUT2D eigenvalue weighted by molar-refractivity contribution is 5.04. The average molecular weight is 171 g/mol. The van der Waals surface area contributed by atoms with Gasteiger partial charge in [-0.25, -0.2) is 0 Å². The molecule has 0 aromatic rings. The van der Waals surface area contributed by atoms with Crippen LogP contribution in [-0.4, -0.2) is 12.6 Å². The van der Waals surface area contributed by atoms with Gasteiger partial charge >= 0.3 is 0 Å². The van der Waals surface area contributed by atoms with Gasteiger partial charge in [-0.2, -0.15) is 0 Å². The van der Waals surface area contributed by atoms with Crippen LogP contribution in [0.15, 0.2) is 0 Å². The van der Waals surface area contributed by atoms with Crippen LogP contribution in [0.1, 0.15) is 53.9 Å². The Bertz CT molecular complexity index is 106. The van der Waals surface area contributed by atoms with Crippen LogP contribution in [0.25, 0.3) is 0 Å². The summed E-state index contributed by atoms with van der Waals surface area (Å²) < 4.78 is 0. The minimum absolute atomic E-state index is 0.792. The number of rotatable bonds is 0. The Hall–Kier alpha value is -0.0400. The molecule has 1 spiro atoms. The molecule has 0 bridgehead atoms. The molecule has 0 amide bonds. The van der Waals surface area contributed by atoms with E-state index in [4.69, 9.17) is 0 Å². The lowest BCUT2D eigenvalue weighted by Crippen LogP contribution is -2.23. The summed E-state index contributed by atoms with van der Waals surface area (Å²) in [6.07, 6.45) is 4.41. The molecule has 1 heteroatoms. The van der Waals surface area contributed by atoms with Crippen molar-refractivity contribution < 1.29 is 0 Å². The molecule has 2 rings (SSSR count). The highest BCUT2D eigenvalue weighted by Gasteiger charge is 2.49. The molecule has 1 N–H and O–H groups in total. The first-order chi connectivity index (χ1) is 5.83. The number of nitrogens with one attached hydrogen (secondary N) is 1. The third-order valence-electron chi connectivity index (χ3n) is 2.88. The highest BCUT2D eigenvalue weighted by atomic mass is 15.0. The van der Waals surface area contributed by atoms with Crippen LogP contribution in [0.4, 0.5) is 0 Å². The Morgan fingerprint density at radius 3 is 1.67 bits per heavy atom. The van der Waals surface area contributed by atoms with E-state index in [0.717, 1.165) is 11.5 Å². The molecule has 0 radical (unpaired) electrons. The highest BCUT2D eigenvalue weighted by Crippen LogP contribution is 2.53. The van der Waals surface area contributed by atoms with Crippen molar-refractivity contribution in [1.29, 1.82) is 0 Å². The van der Waals surface area contributed by atoms with Crippen LogP contribution in [0.3, 0.4) is 0 Å². The van der Waals surface area contributed by atoms with E-state index in [1.54, 1.807) is 0 Å². The molecule has 2 fully saturated rings. The van der Waals surface area contributed by atoms with Crippen molar-refractivity contribution in [2.45, 2.75) is 59.9 Å². The van der Waals surface area contributed by atoms with Gasteiger partial charge in [0.15, 0.2) is 0 Å². The summed E-state index contributed by atoms with van der Waals surface area (Å²) >= 11 is 0. The number of hydrogen-bond acceptors (Lipinski definition) is 1. The van der Waals surface area contributed by atoms with Gasteiger partial charge in [0.25, 0.3) is 0 Å². The monoisotopic (exact) mass is 171 g/mol. The van der Waals surface area contributed by atoms with Gasteiger partial charge in [0, 0.05) is 6.04 Å². The summed E-state index contributed by atoms with van der Waals surface area (Å²) in [6.45, 7) is 11.6. The Morgan fingerprint density at radius 1 is 1.00 bits per heavy atom. The van der Waals surface area contributed by atoms with Crippen molar-refractivity contribution in [1.82, 2.24) is 5.32 Å². The standard InChI is InChI=1S/C7H13N.2C2H6/c1-6-7(2-3-7)4-5-8-6;2*1-2/h6,8H,2-5H2,1H3;2*1-2H3. The van der Waals surface area contributed by atoms with Crippen molar-refractivity contribution in [3.8, 4) is 0 Å². The Labute approximate surface area is 77.9 Å². The van der Waals surface area contributed by atoms with Crippen molar-refractivity contribution in [3.63, 3.8) is 0 Å². The van der Waals surface area contributed by atoms with Crippen molar-refractivity contribution in [2.75, 3.05) is 6.54 Å². The maximum atomic E-state index is 3.47. The second-order valence-corrected chi connectivity index (χ2v) is 3.29. The molecule has 0 aromatic heterocycles. The van der Waals surface area contributed by atoms with Crippen molar-refractivity contribution in [3.05, 3.63) is 0 Å². The molecule has 1 saturated heterocycles. The van der Waals surface area contributed by atoms with Gasteiger partial charge in [0.1, 0.15) is 0 Å². The molecule has 1 aliphatic carbocycles. The first-order valence-corrected chi connectivity index (χ1v) is 5.57. The molecule has 1 atom stereocenters. The average Bonchev–Trinajstić information content (AvgIpc) is 2.84. The van der Waals surface area contributed by atoms with Crippen LogP contribution >= 0.6 is 0 Å². The fourth-order valence-corrected chi connectivity index (χ4v) is 1.81. The van der Waals surface area contributed by atoms with E-state index < -0.39 is 0 Å². The molecular weight excluding hydrogens is 146 g/mol. The quantitative estimate of drug-likeness (QED) is 0.590. The first-order valence-electron chi connectivity index (χ1n) is 5.57. The SMILES string of the molecule is CC.CC.CC1NCCC12CC2. The minimum atomic E-state index is 0.792. The molecule has 2 aliphatic rings. The predicted octanol–water partition coefficient (Wildman–Crippen LogP) is 3.20. The van der Waals surface area contributed by atoms with Crippen molar-refractivity contribution >= 4 is 0 Å². The molecule has 1 heterocycles. The zero-order valence-corrected chi connectivity index (χ0v) is 9.41. The van der Waals surface area contributed by atoms with Gasteiger partial charge < -0.3 is 5.32 Å². The molecule has 1 saturated carbocycles. The zero-order valence-electron chi connectivity index (χ0n) is 9.41. The van der Waals surface area contributed by atoms with Crippen molar-refractivity contribution in [2.24, 2.45) is 5.41 Å². The Morgan fingerprint density at radius 2 is 1.50 bits per heavy atom. The van der Waals surface area contributed by atoms with Crippen LogP contribution in [0.2, 0.25) is 0 Å². The van der Waals surface area contributed by atoms with Gasteiger partial charge in [-0.3, -0.25) is 0 Å². The smallest absolute Gasteiger partial charge is 0.00956 e. The van der Waals surface area contributed by atoms with E-state index in [-0.39, 0.29) is 0 Å². The van der Waals surface area contributed by atoms with E-state index in [1.165, 1.54) is 25.8 Å². The fraction of sp³-hybridized carbons (Fsp3) is 1.00. The summed E-state index contributed by atoms with van der Waals surface area (Å²) in [7, 11) is 0. The first kappa shape index (κ1) is 12.0. The summed E-state index contributed by atoms with van der Waals surface area (Å²) in [5.41, 5.74) is 0.792. The molecule has 0 aromatic carbocycles. The Balaban J connectivity index is 0.000000269. The van der Waals surface area contributed by atoms with Gasteiger partial charge in [-0.15, -0.1) is 0 Å². The maximum Gasteiger partial charge on any atom is 0.00956 e. The fourth-order valence-electron chi connectivity index (χ4n) is 1.81. The summed E-state index contributed by atoms with van der Waals surface area (Å²) in [6, 6.07) is 0.822. The lowest BCUT2D eigenvalue weighted by molar-refractivity contribution is 0.458. The van der Waals surface area contributed by atoms with E-state index in [0.29, 0.717) is 0 Å². The molecule has 12 heavy (non-hydrogen) atoms. The third-order valence-corrected chi connectivity index (χ3v) is 2.88. The Kier molecular flexibility index (Phi) is 5.56. The summed E-state index contributed by atoms with van der Waals surface area (Å²) in [5, 5.41) is 3.47. The van der Waals surface area contributed by atoms with E-state index in [2.05, 4.69) is 12.2 Å². The topological polar surface area (TPSA) is 12.0 Å². The van der Waals surface area contributed by atoms with E-state index in [1.807, 2.05) is 27.7 Å².